The standard InChI is InChI=1S/C27H29ClN2O3/c1-3-17-16-30-13-11-19(17)14-25(30)26(33-27(31)18-4-6-20(28)7-5-18)22-10-12-29-24-9-8-21(32-2)15-23(22)24/h4-10,12,15,17,19,25-26H,3,11,13-14,16H2,1-2H3/t17?,19?,25-,26+/m0/s1. The van der Waals surface area contributed by atoms with E-state index in [0.29, 0.717) is 16.5 Å². The summed E-state index contributed by atoms with van der Waals surface area (Å²) < 4.78 is 11.8. The molecule has 172 valence electrons. The Morgan fingerprint density at radius 1 is 1.21 bits per heavy atom. The Balaban J connectivity index is 1.55. The average Bonchev–Trinajstić information content (AvgIpc) is 2.87. The van der Waals surface area contributed by atoms with Gasteiger partial charge < -0.3 is 9.47 Å². The zero-order chi connectivity index (χ0) is 22.9. The van der Waals surface area contributed by atoms with Crippen molar-refractivity contribution in [3.05, 3.63) is 70.9 Å². The summed E-state index contributed by atoms with van der Waals surface area (Å²) in [7, 11) is 1.66. The molecular formula is C27H29ClN2O3. The molecule has 2 bridgehead atoms. The molecule has 0 radical (unpaired) electrons. The van der Waals surface area contributed by atoms with Gasteiger partial charge in [0.15, 0.2) is 0 Å². The molecule has 0 spiro atoms. The number of esters is 1. The number of fused-ring (bicyclic) bond motifs is 4. The molecule has 0 saturated carbocycles. The molecule has 33 heavy (non-hydrogen) atoms. The molecule has 5 nitrogen and oxygen atoms in total. The maximum Gasteiger partial charge on any atom is 0.338 e. The van der Waals surface area contributed by atoms with Gasteiger partial charge in [-0.25, -0.2) is 4.79 Å². The first-order chi connectivity index (χ1) is 16.1. The molecule has 0 amide bonds. The van der Waals surface area contributed by atoms with Crippen LogP contribution in [-0.2, 0) is 4.74 Å². The number of hydrogen-bond donors (Lipinski definition) is 0. The van der Waals surface area contributed by atoms with Crippen LogP contribution in [0.5, 0.6) is 5.75 Å². The average molecular weight is 465 g/mol. The van der Waals surface area contributed by atoms with Crippen molar-refractivity contribution < 1.29 is 14.3 Å². The first-order valence-electron chi connectivity index (χ1n) is 11.7. The van der Waals surface area contributed by atoms with Crippen LogP contribution in [0.1, 0.15) is 48.2 Å². The van der Waals surface area contributed by atoms with Gasteiger partial charge in [-0.05, 0) is 79.8 Å². The summed E-state index contributed by atoms with van der Waals surface area (Å²) in [5.41, 5.74) is 2.35. The quantitative estimate of drug-likeness (QED) is 0.424. The van der Waals surface area contributed by atoms with E-state index in [4.69, 9.17) is 21.1 Å². The molecule has 0 aliphatic carbocycles. The van der Waals surface area contributed by atoms with Crippen molar-refractivity contribution in [1.82, 2.24) is 9.88 Å². The summed E-state index contributed by atoms with van der Waals surface area (Å²) in [4.78, 5) is 20.3. The Bertz CT molecular complexity index is 1150. The van der Waals surface area contributed by atoms with Crippen LogP contribution < -0.4 is 4.74 Å². The minimum atomic E-state index is -0.397. The van der Waals surface area contributed by atoms with Gasteiger partial charge in [-0.1, -0.05) is 24.9 Å². The van der Waals surface area contributed by atoms with Crippen LogP contribution in [0.3, 0.4) is 0 Å². The second kappa shape index (κ2) is 9.32. The lowest BCUT2D eigenvalue weighted by atomic mass is 9.72. The Morgan fingerprint density at radius 3 is 2.73 bits per heavy atom. The third kappa shape index (κ3) is 4.32. The van der Waals surface area contributed by atoms with Crippen molar-refractivity contribution >= 4 is 28.5 Å². The van der Waals surface area contributed by atoms with E-state index in [1.165, 1.54) is 12.8 Å². The molecule has 0 N–H and O–H groups in total. The number of benzene rings is 2. The molecule has 3 fully saturated rings. The predicted octanol–water partition coefficient (Wildman–Crippen LogP) is 5.92. The normalized spacial score (nSPS) is 25.1. The van der Waals surface area contributed by atoms with Crippen molar-refractivity contribution in [1.29, 1.82) is 0 Å². The van der Waals surface area contributed by atoms with E-state index in [-0.39, 0.29) is 12.0 Å². The van der Waals surface area contributed by atoms with Crippen LogP contribution >= 0.6 is 11.6 Å². The highest BCUT2D eigenvalue weighted by atomic mass is 35.5. The van der Waals surface area contributed by atoms with E-state index in [9.17, 15) is 4.79 Å². The molecular weight excluding hydrogens is 436 g/mol. The molecule has 3 aliphatic heterocycles. The largest absolute Gasteiger partial charge is 0.497 e. The SMILES string of the molecule is CCC1CN2CCC1C[C@H]2[C@H](OC(=O)c1ccc(Cl)cc1)c1ccnc2ccc(OC)cc12. The topological polar surface area (TPSA) is 51.7 Å². The first-order valence-corrected chi connectivity index (χ1v) is 12.1. The number of carbonyl (C=O) groups excluding carboxylic acids is 1. The third-order valence-corrected chi connectivity index (χ3v) is 7.66. The second-order valence-corrected chi connectivity index (χ2v) is 9.57. The Hall–Kier alpha value is -2.63. The van der Waals surface area contributed by atoms with Crippen LogP contribution in [0.4, 0.5) is 0 Å². The number of aromatic nitrogens is 1. The highest BCUT2D eigenvalue weighted by molar-refractivity contribution is 6.30. The lowest BCUT2D eigenvalue weighted by Crippen LogP contribution is -2.55. The summed E-state index contributed by atoms with van der Waals surface area (Å²) in [5.74, 6) is 1.82. The fourth-order valence-electron chi connectivity index (χ4n) is 5.60. The Kier molecular flexibility index (Phi) is 6.26. The van der Waals surface area contributed by atoms with Crippen LogP contribution in [0.2, 0.25) is 5.02 Å². The number of pyridine rings is 1. The highest BCUT2D eigenvalue weighted by Crippen LogP contribution is 2.44. The van der Waals surface area contributed by atoms with E-state index < -0.39 is 6.10 Å². The van der Waals surface area contributed by atoms with Crippen molar-refractivity contribution in [3.63, 3.8) is 0 Å². The van der Waals surface area contributed by atoms with E-state index in [0.717, 1.165) is 47.6 Å². The number of carbonyl (C=O) groups is 1. The van der Waals surface area contributed by atoms with Gasteiger partial charge in [0.05, 0.1) is 24.2 Å². The molecule has 3 aromatic rings. The van der Waals surface area contributed by atoms with Gasteiger partial charge in [0, 0.05) is 28.7 Å². The van der Waals surface area contributed by atoms with Crippen LogP contribution in [0.25, 0.3) is 10.9 Å². The minimum absolute atomic E-state index is 0.139. The number of nitrogens with zero attached hydrogens (tertiary/aromatic N) is 2. The van der Waals surface area contributed by atoms with Gasteiger partial charge in [0.25, 0.3) is 0 Å². The van der Waals surface area contributed by atoms with Crippen molar-refractivity contribution in [2.75, 3.05) is 20.2 Å². The third-order valence-electron chi connectivity index (χ3n) is 7.41. The van der Waals surface area contributed by atoms with Gasteiger partial charge in [-0.2, -0.15) is 0 Å². The summed E-state index contributed by atoms with van der Waals surface area (Å²) in [6, 6.07) is 14.9. The summed E-state index contributed by atoms with van der Waals surface area (Å²) in [6.45, 7) is 4.39. The minimum Gasteiger partial charge on any atom is -0.497 e. The summed E-state index contributed by atoms with van der Waals surface area (Å²) >= 11 is 6.03. The highest BCUT2D eigenvalue weighted by Gasteiger charge is 2.44. The zero-order valence-electron chi connectivity index (χ0n) is 19.0. The van der Waals surface area contributed by atoms with Gasteiger partial charge in [0.2, 0.25) is 0 Å². The number of halogens is 1. The van der Waals surface area contributed by atoms with Crippen LogP contribution in [0, 0.1) is 11.8 Å². The lowest BCUT2D eigenvalue weighted by molar-refractivity contribution is -0.0659. The lowest BCUT2D eigenvalue weighted by Gasteiger charge is -2.51. The monoisotopic (exact) mass is 464 g/mol. The van der Waals surface area contributed by atoms with Gasteiger partial charge in [0.1, 0.15) is 11.9 Å². The van der Waals surface area contributed by atoms with Crippen LogP contribution in [0.15, 0.2) is 54.7 Å². The summed E-state index contributed by atoms with van der Waals surface area (Å²) in [5, 5.41) is 1.55. The fraction of sp³-hybridized carbons (Fsp3) is 0.407. The molecule has 2 aromatic carbocycles. The molecule has 3 unspecified atom stereocenters. The molecule has 6 heteroatoms. The molecule has 3 aliphatic rings. The van der Waals surface area contributed by atoms with Gasteiger partial charge >= 0.3 is 5.97 Å². The summed E-state index contributed by atoms with van der Waals surface area (Å²) in [6.07, 6.45) is 4.85. The molecule has 4 heterocycles. The number of ether oxygens (including phenoxy) is 2. The van der Waals surface area contributed by atoms with E-state index >= 15 is 0 Å². The molecule has 3 saturated heterocycles. The molecule has 1 aromatic heterocycles. The van der Waals surface area contributed by atoms with E-state index in [1.807, 2.05) is 24.3 Å². The van der Waals surface area contributed by atoms with Crippen molar-refractivity contribution in [3.8, 4) is 5.75 Å². The van der Waals surface area contributed by atoms with Crippen LogP contribution in [-0.4, -0.2) is 42.1 Å². The fourth-order valence-corrected chi connectivity index (χ4v) is 5.72. The smallest absolute Gasteiger partial charge is 0.338 e. The maximum absolute atomic E-state index is 13.2. The van der Waals surface area contributed by atoms with Gasteiger partial charge in [-0.15, -0.1) is 0 Å². The van der Waals surface area contributed by atoms with Gasteiger partial charge in [-0.3, -0.25) is 9.88 Å². The first kappa shape index (κ1) is 22.2. The van der Waals surface area contributed by atoms with Crippen molar-refractivity contribution in [2.45, 2.75) is 38.3 Å². The number of rotatable bonds is 6. The van der Waals surface area contributed by atoms with E-state index in [2.05, 4.69) is 16.8 Å². The maximum atomic E-state index is 13.2. The Labute approximate surface area is 199 Å². The Morgan fingerprint density at radius 2 is 2.03 bits per heavy atom. The number of methoxy groups -OCH3 is 1. The second-order valence-electron chi connectivity index (χ2n) is 9.13. The zero-order valence-corrected chi connectivity index (χ0v) is 19.8. The number of hydrogen-bond acceptors (Lipinski definition) is 5. The predicted molar refractivity (Wildman–Crippen MR) is 130 cm³/mol. The van der Waals surface area contributed by atoms with E-state index in [1.54, 1.807) is 37.6 Å². The number of piperidine rings is 3. The molecule has 6 rings (SSSR count). The molecule has 5 atom stereocenters. The van der Waals surface area contributed by atoms with Crippen molar-refractivity contribution in [2.24, 2.45) is 11.8 Å².